The normalized spacial score (nSPS) is 11.4. The second-order valence-corrected chi connectivity index (χ2v) is 5.02. The summed E-state index contributed by atoms with van der Waals surface area (Å²) in [6.45, 7) is 0. The largest absolute Gasteiger partial charge is 0.433 e. The van der Waals surface area contributed by atoms with Gasteiger partial charge in [0, 0.05) is 30.2 Å². The number of anilines is 1. The third-order valence-electron chi connectivity index (χ3n) is 3.09. The van der Waals surface area contributed by atoms with Crippen molar-refractivity contribution in [2.75, 3.05) is 5.32 Å². The standard InChI is InChI=1S/C15H8F5N5O/c16-8-3-9(17)5-10(4-8)22-13(26)11-6-12(15(18,19)20)24-14(23-11)25-2-1-21-7-25/h1-7H,(H,22,26). The lowest BCUT2D eigenvalue weighted by molar-refractivity contribution is -0.141. The first-order valence-corrected chi connectivity index (χ1v) is 6.94. The van der Waals surface area contributed by atoms with E-state index < -0.39 is 41.1 Å². The van der Waals surface area contributed by atoms with Gasteiger partial charge in [0.2, 0.25) is 5.95 Å². The number of amides is 1. The van der Waals surface area contributed by atoms with E-state index in [0.29, 0.717) is 12.1 Å². The van der Waals surface area contributed by atoms with Crippen LogP contribution in [0.15, 0.2) is 43.0 Å². The monoisotopic (exact) mass is 369 g/mol. The summed E-state index contributed by atoms with van der Waals surface area (Å²) in [6.07, 6.45) is -1.10. The summed E-state index contributed by atoms with van der Waals surface area (Å²) >= 11 is 0. The van der Waals surface area contributed by atoms with E-state index >= 15 is 0 Å². The van der Waals surface area contributed by atoms with Gasteiger partial charge in [-0.3, -0.25) is 9.36 Å². The summed E-state index contributed by atoms with van der Waals surface area (Å²) in [5.74, 6) is -3.45. The van der Waals surface area contributed by atoms with E-state index in [-0.39, 0.29) is 5.69 Å². The summed E-state index contributed by atoms with van der Waals surface area (Å²) in [6, 6.07) is 2.64. The van der Waals surface area contributed by atoms with Gasteiger partial charge in [-0.1, -0.05) is 0 Å². The predicted octanol–water partition coefficient (Wildman–Crippen LogP) is 3.21. The van der Waals surface area contributed by atoms with Crippen LogP contribution in [0.5, 0.6) is 0 Å². The smallest absolute Gasteiger partial charge is 0.320 e. The van der Waals surface area contributed by atoms with Crippen LogP contribution in [0, 0.1) is 11.6 Å². The van der Waals surface area contributed by atoms with Crippen molar-refractivity contribution in [3.63, 3.8) is 0 Å². The van der Waals surface area contributed by atoms with Crippen molar-refractivity contribution in [3.05, 3.63) is 66.0 Å². The molecule has 0 atom stereocenters. The molecule has 134 valence electrons. The number of benzene rings is 1. The highest BCUT2D eigenvalue weighted by Crippen LogP contribution is 2.28. The Balaban J connectivity index is 2.00. The molecule has 2 aromatic heterocycles. The number of carbonyl (C=O) groups excluding carboxylic acids is 1. The van der Waals surface area contributed by atoms with Crippen LogP contribution in [0.1, 0.15) is 16.2 Å². The summed E-state index contributed by atoms with van der Waals surface area (Å²) in [5, 5.41) is 2.09. The Labute approximate surface area is 142 Å². The van der Waals surface area contributed by atoms with Crippen molar-refractivity contribution < 1.29 is 26.7 Å². The average Bonchev–Trinajstić information content (AvgIpc) is 3.07. The number of hydrogen-bond donors (Lipinski definition) is 1. The Bertz CT molecular complexity index is 935. The average molecular weight is 369 g/mol. The predicted molar refractivity (Wildman–Crippen MR) is 78.5 cm³/mol. The lowest BCUT2D eigenvalue weighted by Gasteiger charge is -2.11. The molecule has 0 unspecified atom stereocenters. The fourth-order valence-electron chi connectivity index (χ4n) is 2.01. The number of nitrogens with zero attached hydrogens (tertiary/aromatic N) is 4. The van der Waals surface area contributed by atoms with Gasteiger partial charge in [0.05, 0.1) is 0 Å². The van der Waals surface area contributed by atoms with Gasteiger partial charge in [-0.15, -0.1) is 0 Å². The molecule has 6 nitrogen and oxygen atoms in total. The second-order valence-electron chi connectivity index (χ2n) is 5.02. The summed E-state index contributed by atoms with van der Waals surface area (Å²) in [5.41, 5.74) is -2.27. The van der Waals surface area contributed by atoms with Gasteiger partial charge in [0.15, 0.2) is 5.69 Å². The van der Waals surface area contributed by atoms with E-state index in [9.17, 15) is 26.7 Å². The highest BCUT2D eigenvalue weighted by molar-refractivity contribution is 6.03. The minimum Gasteiger partial charge on any atom is -0.320 e. The first kappa shape index (κ1) is 17.5. The molecule has 0 spiro atoms. The van der Waals surface area contributed by atoms with Crippen molar-refractivity contribution in [1.82, 2.24) is 19.5 Å². The second kappa shape index (κ2) is 6.50. The molecule has 0 fully saturated rings. The van der Waals surface area contributed by atoms with Gasteiger partial charge < -0.3 is 5.32 Å². The van der Waals surface area contributed by atoms with E-state index in [1.165, 1.54) is 12.4 Å². The number of carbonyl (C=O) groups is 1. The van der Waals surface area contributed by atoms with Crippen LogP contribution in [0.2, 0.25) is 0 Å². The van der Waals surface area contributed by atoms with Crippen molar-refractivity contribution in [2.45, 2.75) is 6.18 Å². The quantitative estimate of drug-likeness (QED) is 0.720. The zero-order chi connectivity index (χ0) is 18.9. The van der Waals surface area contributed by atoms with Gasteiger partial charge in [-0.05, 0) is 12.1 Å². The van der Waals surface area contributed by atoms with E-state index in [2.05, 4.69) is 20.3 Å². The fourth-order valence-corrected chi connectivity index (χ4v) is 2.01. The Morgan fingerprint density at radius 3 is 2.31 bits per heavy atom. The molecule has 3 aromatic rings. The first-order valence-electron chi connectivity index (χ1n) is 6.94. The number of alkyl halides is 3. The van der Waals surface area contributed by atoms with Crippen molar-refractivity contribution in [3.8, 4) is 5.95 Å². The van der Waals surface area contributed by atoms with Crippen LogP contribution in [-0.4, -0.2) is 25.4 Å². The van der Waals surface area contributed by atoms with Gasteiger partial charge in [-0.25, -0.2) is 23.7 Å². The molecular weight excluding hydrogens is 361 g/mol. The van der Waals surface area contributed by atoms with Gasteiger partial charge in [-0.2, -0.15) is 13.2 Å². The number of imidazole rings is 1. The zero-order valence-electron chi connectivity index (χ0n) is 12.6. The zero-order valence-corrected chi connectivity index (χ0v) is 12.6. The lowest BCUT2D eigenvalue weighted by Crippen LogP contribution is -2.19. The molecule has 26 heavy (non-hydrogen) atoms. The maximum absolute atomic E-state index is 13.2. The van der Waals surface area contributed by atoms with E-state index in [0.717, 1.165) is 23.0 Å². The summed E-state index contributed by atoms with van der Waals surface area (Å²) < 4.78 is 66.5. The minimum absolute atomic E-state index is 0.274. The van der Waals surface area contributed by atoms with Crippen LogP contribution in [0.3, 0.4) is 0 Å². The van der Waals surface area contributed by atoms with Crippen LogP contribution in [0.25, 0.3) is 5.95 Å². The molecule has 1 amide bonds. The molecular formula is C15H8F5N5O. The molecule has 0 aliphatic rings. The van der Waals surface area contributed by atoms with Crippen molar-refractivity contribution >= 4 is 11.6 Å². The van der Waals surface area contributed by atoms with Gasteiger partial charge in [0.25, 0.3) is 5.91 Å². The van der Waals surface area contributed by atoms with Crippen molar-refractivity contribution in [1.29, 1.82) is 0 Å². The lowest BCUT2D eigenvalue weighted by atomic mass is 10.2. The minimum atomic E-state index is -4.84. The van der Waals surface area contributed by atoms with Crippen molar-refractivity contribution in [2.24, 2.45) is 0 Å². The summed E-state index contributed by atoms with van der Waals surface area (Å²) in [7, 11) is 0. The third kappa shape index (κ3) is 3.82. The number of nitrogens with one attached hydrogen (secondary N) is 1. The fraction of sp³-hybridized carbons (Fsp3) is 0.0667. The maximum Gasteiger partial charge on any atom is 0.433 e. The Morgan fingerprint density at radius 2 is 1.73 bits per heavy atom. The molecule has 1 aromatic carbocycles. The molecule has 0 bridgehead atoms. The molecule has 0 saturated heterocycles. The number of hydrogen-bond acceptors (Lipinski definition) is 4. The number of halogens is 5. The molecule has 0 aliphatic heterocycles. The molecule has 3 rings (SSSR count). The van der Waals surface area contributed by atoms with Crippen LogP contribution in [0.4, 0.5) is 27.6 Å². The molecule has 1 N–H and O–H groups in total. The first-order chi connectivity index (χ1) is 12.2. The highest BCUT2D eigenvalue weighted by atomic mass is 19.4. The molecule has 11 heteroatoms. The number of aromatic nitrogens is 4. The van der Waals surface area contributed by atoms with E-state index in [1.807, 2.05) is 0 Å². The topological polar surface area (TPSA) is 72.7 Å². The van der Waals surface area contributed by atoms with E-state index in [4.69, 9.17) is 0 Å². The Hall–Kier alpha value is -3.37. The van der Waals surface area contributed by atoms with E-state index in [1.54, 1.807) is 0 Å². The Morgan fingerprint density at radius 1 is 1.04 bits per heavy atom. The summed E-state index contributed by atoms with van der Waals surface area (Å²) in [4.78, 5) is 23.0. The van der Waals surface area contributed by atoms with Crippen LogP contribution < -0.4 is 5.32 Å². The molecule has 0 radical (unpaired) electrons. The number of rotatable bonds is 3. The Kier molecular flexibility index (Phi) is 4.36. The molecule has 0 saturated carbocycles. The maximum atomic E-state index is 13.2. The van der Waals surface area contributed by atoms with Gasteiger partial charge in [0.1, 0.15) is 23.7 Å². The molecule has 2 heterocycles. The highest BCUT2D eigenvalue weighted by Gasteiger charge is 2.34. The third-order valence-corrected chi connectivity index (χ3v) is 3.09. The molecule has 0 aliphatic carbocycles. The van der Waals surface area contributed by atoms with Crippen LogP contribution in [-0.2, 0) is 6.18 Å². The van der Waals surface area contributed by atoms with Gasteiger partial charge >= 0.3 is 6.18 Å². The SMILES string of the molecule is O=C(Nc1cc(F)cc(F)c1)c1cc(C(F)(F)F)nc(-n2ccnc2)n1. The van der Waals surface area contributed by atoms with Crippen LogP contribution >= 0.6 is 0 Å².